The molecule has 0 unspecified atom stereocenters. The molecule has 0 saturated carbocycles. The molecule has 0 aromatic carbocycles. The van der Waals surface area contributed by atoms with Crippen LogP contribution in [0.25, 0.3) is 0 Å². The van der Waals surface area contributed by atoms with Crippen LogP contribution in [0.15, 0.2) is 10.7 Å². The molecule has 0 radical (unpaired) electrons. The van der Waals surface area contributed by atoms with Crippen LogP contribution < -0.4 is 5.73 Å². The van der Waals surface area contributed by atoms with E-state index in [-0.39, 0.29) is 12.1 Å². The van der Waals surface area contributed by atoms with Crippen LogP contribution in [0.5, 0.6) is 0 Å². The Labute approximate surface area is 98.6 Å². The highest BCUT2D eigenvalue weighted by Gasteiger charge is 2.21. The van der Waals surface area contributed by atoms with Crippen LogP contribution in [-0.4, -0.2) is 16.1 Å². The monoisotopic (exact) mass is 294 g/mol. The number of hydrogen-bond donors (Lipinski definition) is 2. The lowest BCUT2D eigenvalue weighted by atomic mass is 10.0. The number of carboxylic acid groups (broad SMARTS) is 1. The fourth-order valence-electron chi connectivity index (χ4n) is 1.34. The average Bonchev–Trinajstić information content (AvgIpc) is 2.16. The van der Waals surface area contributed by atoms with Crippen molar-refractivity contribution in [2.24, 2.45) is 5.73 Å². The molecule has 0 spiro atoms. The number of aromatic nitrogens is 1. The van der Waals surface area contributed by atoms with Gasteiger partial charge in [-0.15, -0.1) is 0 Å². The molecular weight excluding hydrogens is 286 g/mol. The van der Waals surface area contributed by atoms with Gasteiger partial charge in [0, 0.05) is 17.2 Å². The lowest BCUT2D eigenvalue weighted by Gasteiger charge is -2.12. The van der Waals surface area contributed by atoms with Crippen molar-refractivity contribution < 1.29 is 18.7 Å². The van der Waals surface area contributed by atoms with E-state index in [1.165, 1.54) is 6.20 Å². The second-order valence-electron chi connectivity index (χ2n) is 3.02. The summed E-state index contributed by atoms with van der Waals surface area (Å²) in [6.45, 7) is -0.0224. The van der Waals surface area contributed by atoms with Crippen molar-refractivity contribution in [1.29, 1.82) is 0 Å². The van der Waals surface area contributed by atoms with Gasteiger partial charge in [0.1, 0.15) is 5.69 Å². The quantitative estimate of drug-likeness (QED) is 0.889. The van der Waals surface area contributed by atoms with Crippen LogP contribution >= 0.6 is 15.9 Å². The summed E-state index contributed by atoms with van der Waals surface area (Å²) in [7, 11) is 0. The average molecular weight is 295 g/mol. The molecule has 0 saturated heterocycles. The Hall–Kier alpha value is -1.08. The number of pyridine rings is 1. The first-order valence-corrected chi connectivity index (χ1v) is 5.12. The molecule has 0 aliphatic rings. The molecule has 0 atom stereocenters. The van der Waals surface area contributed by atoms with Gasteiger partial charge < -0.3 is 10.8 Å². The zero-order valence-electron chi connectivity index (χ0n) is 8.08. The van der Waals surface area contributed by atoms with Gasteiger partial charge in [-0.2, -0.15) is 0 Å². The molecule has 1 aromatic heterocycles. The van der Waals surface area contributed by atoms with Gasteiger partial charge in [0.05, 0.1) is 6.42 Å². The Morgan fingerprint density at radius 2 is 2.19 bits per heavy atom. The third kappa shape index (κ3) is 2.73. The topological polar surface area (TPSA) is 76.2 Å². The minimum absolute atomic E-state index is 0.0145. The summed E-state index contributed by atoms with van der Waals surface area (Å²) >= 11 is 3.10. The summed E-state index contributed by atoms with van der Waals surface area (Å²) < 4.78 is 25.7. The molecular formula is C9H9BrF2N2O2. The van der Waals surface area contributed by atoms with Crippen molar-refractivity contribution in [1.82, 2.24) is 4.98 Å². The number of hydrogen-bond acceptors (Lipinski definition) is 3. The molecule has 1 rings (SSSR count). The van der Waals surface area contributed by atoms with Gasteiger partial charge in [-0.25, -0.2) is 8.78 Å². The number of halogens is 3. The second-order valence-corrected chi connectivity index (χ2v) is 3.88. The summed E-state index contributed by atoms with van der Waals surface area (Å²) in [5.74, 6) is -1.20. The Bertz CT molecular complexity index is 413. The maximum atomic E-state index is 12.6. The Kier molecular flexibility index (Phi) is 4.31. The van der Waals surface area contributed by atoms with Gasteiger partial charge in [-0.1, -0.05) is 0 Å². The highest BCUT2D eigenvalue weighted by molar-refractivity contribution is 9.10. The first-order chi connectivity index (χ1) is 7.47. The van der Waals surface area contributed by atoms with Crippen molar-refractivity contribution in [2.75, 3.05) is 0 Å². The van der Waals surface area contributed by atoms with Crippen LogP contribution in [0.1, 0.15) is 23.2 Å². The molecule has 1 aromatic rings. The van der Waals surface area contributed by atoms with Crippen LogP contribution in [-0.2, 0) is 17.8 Å². The SMILES string of the molecule is NCc1c(Br)cnc(C(F)F)c1CC(=O)O. The number of carboxylic acids is 1. The van der Waals surface area contributed by atoms with Crippen molar-refractivity contribution in [2.45, 2.75) is 19.4 Å². The van der Waals surface area contributed by atoms with Gasteiger partial charge in [0.25, 0.3) is 6.43 Å². The number of nitrogens with two attached hydrogens (primary N) is 1. The Morgan fingerprint density at radius 1 is 1.56 bits per heavy atom. The number of alkyl halides is 2. The smallest absolute Gasteiger partial charge is 0.307 e. The summed E-state index contributed by atoms with van der Waals surface area (Å²) in [6, 6.07) is 0. The lowest BCUT2D eigenvalue weighted by molar-refractivity contribution is -0.136. The van der Waals surface area contributed by atoms with E-state index in [1.807, 2.05) is 0 Å². The van der Waals surface area contributed by atoms with Crippen LogP contribution in [0, 0.1) is 0 Å². The number of aliphatic carboxylic acids is 1. The molecule has 0 aliphatic carbocycles. The van der Waals surface area contributed by atoms with E-state index in [4.69, 9.17) is 10.8 Å². The molecule has 16 heavy (non-hydrogen) atoms. The summed E-state index contributed by atoms with van der Waals surface area (Å²) in [5, 5.41) is 8.66. The van der Waals surface area contributed by atoms with Gasteiger partial charge in [-0.05, 0) is 27.1 Å². The summed E-state index contributed by atoms with van der Waals surface area (Å²) in [6.07, 6.45) is -2.12. The van der Waals surface area contributed by atoms with Crippen molar-refractivity contribution >= 4 is 21.9 Å². The molecule has 0 amide bonds. The van der Waals surface area contributed by atoms with Crippen molar-refractivity contribution in [3.63, 3.8) is 0 Å². The molecule has 4 nitrogen and oxygen atoms in total. The van der Waals surface area contributed by atoms with Crippen LogP contribution in [0.4, 0.5) is 8.78 Å². The molecule has 7 heteroatoms. The summed E-state index contributed by atoms with van der Waals surface area (Å²) in [4.78, 5) is 14.1. The maximum Gasteiger partial charge on any atom is 0.307 e. The van der Waals surface area contributed by atoms with Crippen LogP contribution in [0.3, 0.4) is 0 Å². The number of nitrogens with zero attached hydrogens (tertiary/aromatic N) is 1. The molecule has 0 aliphatic heterocycles. The third-order valence-corrected chi connectivity index (χ3v) is 2.70. The number of rotatable bonds is 4. The molecule has 3 N–H and O–H groups in total. The van der Waals surface area contributed by atoms with Gasteiger partial charge in [0.2, 0.25) is 0 Å². The van der Waals surface area contributed by atoms with E-state index in [2.05, 4.69) is 20.9 Å². The zero-order chi connectivity index (χ0) is 12.3. The van der Waals surface area contributed by atoms with Gasteiger partial charge in [0.15, 0.2) is 0 Å². The van der Waals surface area contributed by atoms with Crippen LogP contribution in [0.2, 0.25) is 0 Å². The van der Waals surface area contributed by atoms with E-state index in [0.29, 0.717) is 10.0 Å². The Morgan fingerprint density at radius 3 is 2.62 bits per heavy atom. The molecule has 1 heterocycles. The lowest BCUT2D eigenvalue weighted by Crippen LogP contribution is -2.12. The highest BCUT2D eigenvalue weighted by atomic mass is 79.9. The largest absolute Gasteiger partial charge is 0.481 e. The van der Waals surface area contributed by atoms with E-state index >= 15 is 0 Å². The van der Waals surface area contributed by atoms with E-state index in [1.54, 1.807) is 0 Å². The second kappa shape index (κ2) is 5.31. The van der Waals surface area contributed by atoms with E-state index in [0.717, 1.165) is 0 Å². The highest BCUT2D eigenvalue weighted by Crippen LogP contribution is 2.28. The van der Waals surface area contributed by atoms with E-state index < -0.39 is 24.5 Å². The summed E-state index contributed by atoms with van der Waals surface area (Å²) in [5.41, 5.74) is 5.22. The predicted octanol–water partition coefficient (Wildman–Crippen LogP) is 1.87. The molecule has 0 fully saturated rings. The van der Waals surface area contributed by atoms with Gasteiger partial charge in [-0.3, -0.25) is 9.78 Å². The molecule has 0 bridgehead atoms. The predicted molar refractivity (Wildman–Crippen MR) is 56.1 cm³/mol. The normalized spacial score (nSPS) is 10.8. The van der Waals surface area contributed by atoms with Gasteiger partial charge >= 0.3 is 5.97 Å². The minimum Gasteiger partial charge on any atom is -0.481 e. The Balaban J connectivity index is 3.34. The minimum atomic E-state index is -2.81. The fourth-order valence-corrected chi connectivity index (χ4v) is 1.84. The zero-order valence-corrected chi connectivity index (χ0v) is 9.67. The fraction of sp³-hybridized carbons (Fsp3) is 0.333. The van der Waals surface area contributed by atoms with E-state index in [9.17, 15) is 13.6 Å². The standard InChI is InChI=1S/C9H9BrF2N2O2/c10-6-3-14-8(9(11)12)4(1-7(15)16)5(6)2-13/h3,9H,1-2,13H2,(H,15,16). The maximum absolute atomic E-state index is 12.6. The van der Waals surface area contributed by atoms with Crippen molar-refractivity contribution in [3.05, 3.63) is 27.5 Å². The number of carbonyl (C=O) groups is 1. The van der Waals surface area contributed by atoms with Crippen molar-refractivity contribution in [3.8, 4) is 0 Å². The first-order valence-electron chi connectivity index (χ1n) is 4.33. The molecule has 88 valence electrons. The third-order valence-electron chi connectivity index (χ3n) is 2.02. The first kappa shape index (κ1) is 13.0.